The Morgan fingerprint density at radius 2 is 0.692 bits per heavy atom. The first-order chi connectivity index (χ1) is 12.2. The lowest BCUT2D eigenvalue weighted by atomic mass is 10.3. The van der Waals surface area contributed by atoms with Crippen LogP contribution in [0.25, 0.3) is 0 Å². The molecule has 0 aromatic heterocycles. The van der Waals surface area contributed by atoms with E-state index in [-0.39, 0.29) is 0 Å². The second kappa shape index (κ2) is 6.52. The quantitative estimate of drug-likeness (QED) is 0.681. The molecule has 0 unspecified atom stereocenters. The van der Waals surface area contributed by atoms with Gasteiger partial charge in [0.2, 0.25) is 0 Å². The molecule has 0 radical (unpaired) electrons. The zero-order valence-electron chi connectivity index (χ0n) is 17.0. The van der Waals surface area contributed by atoms with Gasteiger partial charge in [0.1, 0.15) is 10.7 Å². The molecule has 0 heterocycles. The average Bonchev–Trinajstić information content (AvgIpc) is 3.42. The summed E-state index contributed by atoms with van der Waals surface area (Å²) in [6, 6.07) is 8.10. The molecule has 0 spiro atoms. The molecule has 0 atom stereocenters. The number of anilines is 4. The van der Waals surface area contributed by atoms with E-state index >= 15 is 0 Å². The van der Waals surface area contributed by atoms with Crippen LogP contribution in [0.1, 0.15) is 0 Å². The molecule has 0 amide bonds. The van der Waals surface area contributed by atoms with Crippen LogP contribution in [-0.4, -0.2) is 56.4 Å². The maximum atomic E-state index is 4.78. The highest BCUT2D eigenvalue weighted by Gasteiger charge is 2.24. The third-order valence-electron chi connectivity index (χ3n) is 4.34. The first-order valence-electron chi connectivity index (χ1n) is 8.69. The minimum absolute atomic E-state index is 0.949. The average molecular weight is 352 g/mol. The number of hydrogen-bond acceptors (Lipinski definition) is 6. The van der Waals surface area contributed by atoms with E-state index in [1.54, 1.807) is 0 Å². The Morgan fingerprint density at radius 3 is 0.885 bits per heavy atom. The van der Waals surface area contributed by atoms with E-state index in [2.05, 4.69) is 19.6 Å². The van der Waals surface area contributed by atoms with Crippen LogP contribution in [0.3, 0.4) is 0 Å². The van der Waals surface area contributed by atoms with Crippen molar-refractivity contribution in [2.45, 2.75) is 0 Å². The van der Waals surface area contributed by atoms with E-state index < -0.39 is 0 Å². The minimum atomic E-state index is 0.949. The summed E-state index contributed by atoms with van der Waals surface area (Å²) in [6.45, 7) is 0. The van der Waals surface area contributed by atoms with E-state index in [1.807, 2.05) is 80.6 Å². The van der Waals surface area contributed by atoms with Crippen LogP contribution in [0.4, 0.5) is 34.1 Å². The maximum absolute atomic E-state index is 4.78. The van der Waals surface area contributed by atoms with Gasteiger partial charge in [0.15, 0.2) is 0 Å². The van der Waals surface area contributed by atoms with Gasteiger partial charge >= 0.3 is 0 Å². The first kappa shape index (κ1) is 18.0. The monoisotopic (exact) mass is 352 g/mol. The predicted molar refractivity (Wildman–Crippen MR) is 112 cm³/mol. The largest absolute Gasteiger partial charge is 0.374 e. The van der Waals surface area contributed by atoms with Gasteiger partial charge < -0.3 is 19.6 Å². The Morgan fingerprint density at radius 1 is 0.462 bits per heavy atom. The highest BCUT2D eigenvalue weighted by atomic mass is 15.2. The van der Waals surface area contributed by atoms with E-state index in [4.69, 9.17) is 9.98 Å². The smallest absolute Gasteiger partial charge is 0.115 e. The maximum Gasteiger partial charge on any atom is 0.115 e. The fourth-order valence-electron chi connectivity index (χ4n) is 3.08. The summed E-state index contributed by atoms with van der Waals surface area (Å²) in [7, 11) is 16.4. The lowest BCUT2D eigenvalue weighted by Crippen LogP contribution is -2.08. The summed E-state index contributed by atoms with van der Waals surface area (Å²) in [4.78, 5) is 18.0. The number of nitrogens with zero attached hydrogens (tertiary/aromatic N) is 6. The van der Waals surface area contributed by atoms with E-state index in [0.29, 0.717) is 0 Å². The zero-order valence-corrected chi connectivity index (χ0v) is 17.0. The molecule has 6 nitrogen and oxygen atoms in total. The highest BCUT2D eigenvalue weighted by molar-refractivity contribution is 5.85. The molecule has 3 aromatic rings. The van der Waals surface area contributed by atoms with Gasteiger partial charge in [-0.05, 0) is 24.3 Å². The zero-order chi connectivity index (χ0) is 19.2. The molecule has 0 saturated carbocycles. The molecule has 3 aromatic carbocycles. The normalized spacial score (nSPS) is 11.1. The van der Waals surface area contributed by atoms with Crippen LogP contribution in [-0.2, 0) is 0 Å². The molecule has 138 valence electrons. The Labute approximate surface area is 155 Å². The van der Waals surface area contributed by atoms with Crippen molar-refractivity contribution < 1.29 is 0 Å². The van der Waals surface area contributed by atoms with Crippen molar-refractivity contribution in [2.75, 3.05) is 76.0 Å². The molecule has 0 saturated heterocycles. The van der Waals surface area contributed by atoms with E-state index in [0.717, 1.165) is 22.1 Å². The van der Waals surface area contributed by atoms with Crippen LogP contribution < -0.4 is 30.3 Å². The SMILES string of the molecule is CN(C)c1c(N(C)C)c1=Nc1ccc(N=c2c(N(C)C)c2N(C)C)cc1. The minimum Gasteiger partial charge on any atom is -0.374 e. The number of rotatable bonds is 6. The van der Waals surface area contributed by atoms with Gasteiger partial charge in [-0.2, -0.15) is 0 Å². The molecule has 6 heteroatoms. The van der Waals surface area contributed by atoms with Gasteiger partial charge in [-0.25, -0.2) is 9.98 Å². The van der Waals surface area contributed by atoms with Crippen molar-refractivity contribution in [1.29, 1.82) is 0 Å². The van der Waals surface area contributed by atoms with Crippen molar-refractivity contribution >= 4 is 34.1 Å². The lowest BCUT2D eigenvalue weighted by molar-refractivity contribution is 1.12. The summed E-state index contributed by atoms with van der Waals surface area (Å²) >= 11 is 0. The molecule has 0 aliphatic heterocycles. The van der Waals surface area contributed by atoms with E-state index in [9.17, 15) is 0 Å². The predicted octanol–water partition coefficient (Wildman–Crippen LogP) is 2.17. The summed E-state index contributed by atoms with van der Waals surface area (Å²) in [5.41, 5.74) is 6.70. The lowest BCUT2D eigenvalue weighted by Gasteiger charge is -2.07. The van der Waals surface area contributed by atoms with Crippen LogP contribution in [0.2, 0.25) is 0 Å². The molecule has 26 heavy (non-hydrogen) atoms. The summed E-state index contributed by atoms with van der Waals surface area (Å²) in [5.74, 6) is 0. The Hall–Kier alpha value is -2.76. The molecule has 0 aliphatic rings. The molecule has 0 aliphatic carbocycles. The fraction of sp³-hybridized carbons (Fsp3) is 0.400. The summed E-state index contributed by atoms with van der Waals surface area (Å²) in [6.07, 6.45) is 0. The Kier molecular flexibility index (Phi) is 4.52. The summed E-state index contributed by atoms with van der Waals surface area (Å²) in [5, 5.41) is 2.13. The van der Waals surface area contributed by atoms with Gasteiger partial charge in [-0.15, -0.1) is 0 Å². The molecular formula is C20H28N6. The van der Waals surface area contributed by atoms with Gasteiger partial charge in [0.25, 0.3) is 0 Å². The first-order valence-corrected chi connectivity index (χ1v) is 8.69. The highest BCUT2D eigenvalue weighted by Crippen LogP contribution is 2.32. The Balaban J connectivity index is 1.87. The van der Waals surface area contributed by atoms with Gasteiger partial charge in [0, 0.05) is 56.4 Å². The van der Waals surface area contributed by atoms with Crippen molar-refractivity contribution in [3.63, 3.8) is 0 Å². The van der Waals surface area contributed by atoms with Crippen LogP contribution >= 0.6 is 0 Å². The number of hydrogen-bond donors (Lipinski definition) is 0. The van der Waals surface area contributed by atoms with Gasteiger partial charge in [-0.3, -0.25) is 0 Å². The van der Waals surface area contributed by atoms with Crippen molar-refractivity contribution in [3.05, 3.63) is 35.0 Å². The third kappa shape index (κ3) is 3.31. The second-order valence-corrected chi connectivity index (χ2v) is 7.41. The topological polar surface area (TPSA) is 37.7 Å². The standard InChI is InChI=1S/C20H28N6/c1-23(2)17-15(18(17)24(3)4)21-13-9-11-14(12-10-13)22-16-19(25(5)6)20(16)26(7)8/h9-12H,1-8H3. The Bertz CT molecular complexity index is 815. The van der Waals surface area contributed by atoms with Crippen molar-refractivity contribution in [1.82, 2.24) is 0 Å². The van der Waals surface area contributed by atoms with Crippen LogP contribution in [0.15, 0.2) is 34.3 Å². The molecule has 0 N–H and O–H groups in total. The third-order valence-corrected chi connectivity index (χ3v) is 4.34. The van der Waals surface area contributed by atoms with Crippen molar-refractivity contribution in [2.24, 2.45) is 9.98 Å². The molecule has 0 fully saturated rings. The van der Waals surface area contributed by atoms with Crippen LogP contribution in [0, 0.1) is 0 Å². The van der Waals surface area contributed by atoms with Crippen molar-refractivity contribution in [3.8, 4) is 0 Å². The second-order valence-electron chi connectivity index (χ2n) is 7.41. The van der Waals surface area contributed by atoms with E-state index in [1.165, 1.54) is 22.7 Å². The summed E-state index contributed by atoms with van der Waals surface area (Å²) < 4.78 is 0. The van der Waals surface area contributed by atoms with Gasteiger partial charge in [-0.1, -0.05) is 0 Å². The van der Waals surface area contributed by atoms with Gasteiger partial charge in [0.05, 0.1) is 34.1 Å². The molecular weight excluding hydrogens is 324 g/mol. The molecule has 3 rings (SSSR count). The fourth-order valence-corrected chi connectivity index (χ4v) is 3.08. The molecule has 0 bridgehead atoms. The number of benzene rings is 1. The van der Waals surface area contributed by atoms with Crippen LogP contribution in [0.5, 0.6) is 0 Å².